The summed E-state index contributed by atoms with van der Waals surface area (Å²) in [6, 6.07) is 21.7. The lowest BCUT2D eigenvalue weighted by Crippen LogP contribution is -2.17. The predicted molar refractivity (Wildman–Crippen MR) is 89.9 cm³/mol. The maximum atomic E-state index is 5.55. The Morgan fingerprint density at radius 3 is 2.73 bits per heavy atom. The topological polar surface area (TPSA) is 13.1 Å². The summed E-state index contributed by atoms with van der Waals surface area (Å²) in [5.41, 5.74) is 5.57. The van der Waals surface area contributed by atoms with Gasteiger partial charge in [0.15, 0.2) is 0 Å². The van der Waals surface area contributed by atoms with Crippen molar-refractivity contribution in [2.24, 2.45) is 5.92 Å². The van der Waals surface area contributed by atoms with Crippen molar-refractivity contribution in [3.05, 3.63) is 83.6 Å². The molecule has 1 heteroatoms. The Hall–Kier alpha value is -2.28. The summed E-state index contributed by atoms with van der Waals surface area (Å²) in [6.07, 6.45) is 4.16. The molecule has 1 heterocycles. The fourth-order valence-corrected chi connectivity index (χ4v) is 3.72. The molecule has 22 heavy (non-hydrogen) atoms. The van der Waals surface area contributed by atoms with Gasteiger partial charge in [-0.3, -0.25) is 0 Å². The lowest BCUT2D eigenvalue weighted by molar-refractivity contribution is 0.464. The van der Waals surface area contributed by atoms with Crippen LogP contribution in [-0.4, -0.2) is 0 Å². The number of benzene rings is 2. The van der Waals surface area contributed by atoms with Crippen LogP contribution in [0.25, 0.3) is 11.3 Å². The van der Waals surface area contributed by atoms with Gasteiger partial charge in [0.25, 0.3) is 0 Å². The Morgan fingerprint density at radius 2 is 1.86 bits per heavy atom. The van der Waals surface area contributed by atoms with Crippen molar-refractivity contribution in [2.75, 3.05) is 0 Å². The Morgan fingerprint density at radius 1 is 0.955 bits per heavy atom. The van der Waals surface area contributed by atoms with Crippen molar-refractivity contribution in [2.45, 2.75) is 25.7 Å². The van der Waals surface area contributed by atoms with Crippen molar-refractivity contribution in [1.82, 2.24) is 0 Å². The first-order valence-corrected chi connectivity index (χ1v) is 8.03. The minimum absolute atomic E-state index is 0.495. The van der Waals surface area contributed by atoms with Crippen LogP contribution in [0.4, 0.5) is 0 Å². The van der Waals surface area contributed by atoms with E-state index in [1.165, 1.54) is 35.1 Å². The minimum atomic E-state index is 0.495. The molecular formula is C21H20O. The quantitative estimate of drug-likeness (QED) is 0.593. The molecular weight excluding hydrogens is 268 g/mol. The van der Waals surface area contributed by atoms with Crippen molar-refractivity contribution >= 4 is 0 Å². The lowest BCUT2D eigenvalue weighted by Gasteiger charge is -2.30. The molecule has 0 aliphatic heterocycles. The smallest absolute Gasteiger partial charge is 0.133 e. The van der Waals surface area contributed by atoms with E-state index in [1.54, 1.807) is 6.26 Å². The number of hydrogen-bond donors (Lipinski definition) is 0. The van der Waals surface area contributed by atoms with Crippen molar-refractivity contribution in [3.8, 4) is 11.3 Å². The van der Waals surface area contributed by atoms with Gasteiger partial charge in [-0.15, -0.1) is 0 Å². The Balaban J connectivity index is 1.78. The fraction of sp³-hybridized carbons (Fsp3) is 0.238. The molecule has 0 unspecified atom stereocenters. The predicted octanol–water partition coefficient (Wildman–Crippen LogP) is 5.66. The van der Waals surface area contributed by atoms with Gasteiger partial charge in [-0.2, -0.15) is 0 Å². The van der Waals surface area contributed by atoms with Gasteiger partial charge in [0.05, 0.1) is 6.26 Å². The zero-order valence-electron chi connectivity index (χ0n) is 12.8. The van der Waals surface area contributed by atoms with Crippen LogP contribution in [0, 0.1) is 5.92 Å². The molecule has 1 aliphatic carbocycles. The Kier molecular flexibility index (Phi) is 3.34. The zero-order valence-corrected chi connectivity index (χ0v) is 12.8. The van der Waals surface area contributed by atoms with Gasteiger partial charge in [-0.05, 0) is 53.6 Å². The molecule has 1 aromatic heterocycles. The van der Waals surface area contributed by atoms with Gasteiger partial charge in [-0.1, -0.05) is 49.4 Å². The van der Waals surface area contributed by atoms with Gasteiger partial charge >= 0.3 is 0 Å². The van der Waals surface area contributed by atoms with E-state index in [0.717, 1.165) is 11.7 Å². The summed E-state index contributed by atoms with van der Waals surface area (Å²) in [5, 5.41) is 0. The average Bonchev–Trinajstić information content (AvgIpc) is 3.09. The summed E-state index contributed by atoms with van der Waals surface area (Å²) in [7, 11) is 0. The van der Waals surface area contributed by atoms with E-state index in [1.807, 2.05) is 12.1 Å². The van der Waals surface area contributed by atoms with E-state index in [2.05, 4.69) is 55.5 Å². The van der Waals surface area contributed by atoms with Crippen molar-refractivity contribution in [1.29, 1.82) is 0 Å². The highest BCUT2D eigenvalue weighted by atomic mass is 16.3. The number of fused-ring (bicyclic) bond motifs is 1. The second-order valence-corrected chi connectivity index (χ2v) is 6.40. The van der Waals surface area contributed by atoms with Gasteiger partial charge in [0.1, 0.15) is 5.76 Å². The van der Waals surface area contributed by atoms with Gasteiger partial charge in [0.2, 0.25) is 0 Å². The third kappa shape index (κ3) is 2.37. The number of hydrogen-bond acceptors (Lipinski definition) is 1. The molecule has 0 bridgehead atoms. The summed E-state index contributed by atoms with van der Waals surface area (Å²) >= 11 is 0. The van der Waals surface area contributed by atoms with Crippen molar-refractivity contribution < 1.29 is 4.42 Å². The maximum Gasteiger partial charge on any atom is 0.133 e. The van der Waals surface area contributed by atoms with Crippen LogP contribution in [0.3, 0.4) is 0 Å². The van der Waals surface area contributed by atoms with Crippen LogP contribution < -0.4 is 0 Å². The molecule has 0 fully saturated rings. The standard InChI is InChI=1S/C21H20O/c1-15-12-16-6-2-3-9-19(16)20(13-15)17-7-4-8-18(14-17)21-10-5-11-22-21/h2-11,14-15,20H,12-13H2,1H3/t15-,20-/m1/s1. The number of furan rings is 1. The lowest BCUT2D eigenvalue weighted by atomic mass is 9.74. The third-order valence-electron chi connectivity index (χ3n) is 4.73. The average molecular weight is 288 g/mol. The first-order chi connectivity index (χ1) is 10.8. The Bertz CT molecular complexity index is 770. The molecule has 2 aromatic carbocycles. The van der Waals surface area contributed by atoms with E-state index in [4.69, 9.17) is 4.42 Å². The normalized spacial score (nSPS) is 20.6. The zero-order chi connectivity index (χ0) is 14.9. The SMILES string of the molecule is C[C@@H]1Cc2ccccc2[C@@H](c2cccc(-c3ccco3)c2)C1. The van der Waals surface area contributed by atoms with Crippen LogP contribution in [0.1, 0.15) is 36.0 Å². The van der Waals surface area contributed by atoms with Gasteiger partial charge < -0.3 is 4.42 Å². The molecule has 3 aromatic rings. The molecule has 110 valence electrons. The van der Waals surface area contributed by atoms with E-state index in [0.29, 0.717) is 5.92 Å². The fourth-order valence-electron chi connectivity index (χ4n) is 3.72. The van der Waals surface area contributed by atoms with E-state index in [9.17, 15) is 0 Å². The highest BCUT2D eigenvalue weighted by molar-refractivity contribution is 5.59. The van der Waals surface area contributed by atoms with E-state index >= 15 is 0 Å². The second-order valence-electron chi connectivity index (χ2n) is 6.40. The molecule has 0 radical (unpaired) electrons. The summed E-state index contributed by atoms with van der Waals surface area (Å²) in [4.78, 5) is 0. The monoisotopic (exact) mass is 288 g/mol. The highest BCUT2D eigenvalue weighted by Crippen LogP contribution is 2.40. The van der Waals surface area contributed by atoms with Crippen LogP contribution in [0.5, 0.6) is 0 Å². The van der Waals surface area contributed by atoms with Crippen LogP contribution in [0.2, 0.25) is 0 Å². The maximum absolute atomic E-state index is 5.55. The summed E-state index contributed by atoms with van der Waals surface area (Å²) in [5.74, 6) is 2.17. The van der Waals surface area contributed by atoms with Crippen LogP contribution in [-0.2, 0) is 6.42 Å². The number of rotatable bonds is 2. The minimum Gasteiger partial charge on any atom is -0.464 e. The van der Waals surface area contributed by atoms with Crippen molar-refractivity contribution in [3.63, 3.8) is 0 Å². The Labute approximate surface area is 131 Å². The molecule has 0 saturated heterocycles. The first-order valence-electron chi connectivity index (χ1n) is 8.03. The molecule has 0 N–H and O–H groups in total. The molecule has 1 aliphatic rings. The molecule has 0 spiro atoms. The summed E-state index contributed by atoms with van der Waals surface area (Å²) < 4.78 is 5.55. The molecule has 1 nitrogen and oxygen atoms in total. The first kappa shape index (κ1) is 13.4. The summed E-state index contributed by atoms with van der Waals surface area (Å²) in [6.45, 7) is 2.36. The van der Waals surface area contributed by atoms with E-state index < -0.39 is 0 Å². The third-order valence-corrected chi connectivity index (χ3v) is 4.73. The second kappa shape index (κ2) is 5.49. The molecule has 2 atom stereocenters. The van der Waals surface area contributed by atoms with Crippen LogP contribution >= 0.6 is 0 Å². The van der Waals surface area contributed by atoms with Gasteiger partial charge in [0, 0.05) is 11.5 Å². The largest absolute Gasteiger partial charge is 0.464 e. The highest BCUT2D eigenvalue weighted by Gasteiger charge is 2.25. The molecule has 0 amide bonds. The van der Waals surface area contributed by atoms with E-state index in [-0.39, 0.29) is 0 Å². The van der Waals surface area contributed by atoms with Gasteiger partial charge in [-0.25, -0.2) is 0 Å². The molecule has 4 rings (SSSR count). The molecule has 0 saturated carbocycles. The van der Waals surface area contributed by atoms with Crippen LogP contribution in [0.15, 0.2) is 71.3 Å².